The average Bonchev–Trinajstić information content (AvgIpc) is 3.02. The van der Waals surface area contributed by atoms with E-state index in [1.165, 1.54) is 25.1 Å². The maximum atomic E-state index is 14.0. The second kappa shape index (κ2) is 7.37. The van der Waals surface area contributed by atoms with Gasteiger partial charge in [0.15, 0.2) is 5.82 Å². The number of aromatic nitrogens is 2. The van der Waals surface area contributed by atoms with E-state index in [4.69, 9.17) is 11.6 Å². The van der Waals surface area contributed by atoms with Crippen molar-refractivity contribution < 1.29 is 17.6 Å². The normalized spacial score (nSPS) is 11.2. The van der Waals surface area contributed by atoms with Crippen molar-refractivity contribution in [3.05, 3.63) is 70.6 Å². The zero-order valence-electron chi connectivity index (χ0n) is 14.0. The largest absolute Gasteiger partial charge is 0.319 e. The van der Waals surface area contributed by atoms with Crippen molar-refractivity contribution in [1.82, 2.24) is 10.2 Å². The van der Waals surface area contributed by atoms with Crippen LogP contribution in [0.4, 0.5) is 15.8 Å². The molecule has 0 saturated heterocycles. The standard InChI is InChI=1S/C17H14ClFN4O3S/c1-10-14(16(24)20-13-9-5-8-12(18)15(13)19)17(22-21-10)27(25,26)23-11-6-3-2-4-7-11/h2-9,23H,1H3,(H,20,24)(H,21,22). The molecule has 0 spiro atoms. The Morgan fingerprint density at radius 3 is 2.56 bits per heavy atom. The predicted octanol–water partition coefficient (Wildman–Crippen LogP) is 3.56. The molecule has 140 valence electrons. The maximum absolute atomic E-state index is 14.0. The summed E-state index contributed by atoms with van der Waals surface area (Å²) < 4.78 is 41.7. The van der Waals surface area contributed by atoms with E-state index >= 15 is 0 Å². The molecule has 1 aromatic heterocycles. The molecule has 0 saturated carbocycles. The zero-order valence-corrected chi connectivity index (χ0v) is 15.5. The molecule has 2 aromatic carbocycles. The molecular weight excluding hydrogens is 395 g/mol. The fraction of sp³-hybridized carbons (Fsp3) is 0.0588. The van der Waals surface area contributed by atoms with Gasteiger partial charge in [0.25, 0.3) is 15.9 Å². The molecule has 0 aliphatic carbocycles. The summed E-state index contributed by atoms with van der Waals surface area (Å²) in [6.07, 6.45) is 0. The lowest BCUT2D eigenvalue weighted by atomic mass is 10.2. The summed E-state index contributed by atoms with van der Waals surface area (Å²) in [5.41, 5.74) is 0.124. The Labute approximate surface area is 159 Å². The van der Waals surface area contributed by atoms with E-state index in [9.17, 15) is 17.6 Å². The predicted molar refractivity (Wildman–Crippen MR) is 99.9 cm³/mol. The highest BCUT2D eigenvalue weighted by atomic mass is 35.5. The van der Waals surface area contributed by atoms with Crippen molar-refractivity contribution in [3.63, 3.8) is 0 Å². The van der Waals surface area contributed by atoms with Crippen molar-refractivity contribution >= 4 is 38.9 Å². The lowest BCUT2D eigenvalue weighted by Crippen LogP contribution is -2.20. The molecule has 3 aromatic rings. The molecule has 3 N–H and O–H groups in total. The number of hydrogen-bond acceptors (Lipinski definition) is 4. The second-order valence-corrected chi connectivity index (χ2v) is 7.56. The highest BCUT2D eigenvalue weighted by Crippen LogP contribution is 2.25. The molecule has 0 bridgehead atoms. The van der Waals surface area contributed by atoms with Gasteiger partial charge in [0.05, 0.1) is 10.7 Å². The van der Waals surface area contributed by atoms with Gasteiger partial charge in [-0.1, -0.05) is 35.9 Å². The van der Waals surface area contributed by atoms with Gasteiger partial charge in [-0.15, -0.1) is 0 Å². The van der Waals surface area contributed by atoms with Crippen molar-refractivity contribution in [3.8, 4) is 0 Å². The highest BCUT2D eigenvalue weighted by molar-refractivity contribution is 7.92. The number of carbonyl (C=O) groups is 1. The number of amides is 1. The first-order valence-corrected chi connectivity index (χ1v) is 9.54. The van der Waals surface area contributed by atoms with Gasteiger partial charge in [0.1, 0.15) is 5.56 Å². The summed E-state index contributed by atoms with van der Waals surface area (Å²) in [5.74, 6) is -1.66. The first-order chi connectivity index (χ1) is 12.8. The number of benzene rings is 2. The van der Waals surface area contributed by atoms with Gasteiger partial charge in [-0.3, -0.25) is 14.6 Å². The molecule has 0 fully saturated rings. The van der Waals surface area contributed by atoms with Crippen LogP contribution < -0.4 is 10.0 Å². The lowest BCUT2D eigenvalue weighted by Gasteiger charge is -2.10. The number of carbonyl (C=O) groups excluding carboxylic acids is 1. The van der Waals surface area contributed by atoms with Gasteiger partial charge < -0.3 is 5.32 Å². The molecule has 0 unspecified atom stereocenters. The fourth-order valence-corrected chi connectivity index (χ4v) is 3.76. The zero-order chi connectivity index (χ0) is 19.6. The molecule has 27 heavy (non-hydrogen) atoms. The summed E-state index contributed by atoms with van der Waals surface area (Å²) in [6.45, 7) is 1.48. The van der Waals surface area contributed by atoms with Crippen LogP contribution in [0.1, 0.15) is 16.1 Å². The number of nitrogens with one attached hydrogen (secondary N) is 3. The molecule has 1 amide bonds. The van der Waals surface area contributed by atoms with Crippen LogP contribution in [-0.2, 0) is 10.0 Å². The summed E-state index contributed by atoms with van der Waals surface area (Å²) >= 11 is 5.70. The number of hydrogen-bond donors (Lipinski definition) is 3. The molecular formula is C17H14ClFN4O3S. The number of aryl methyl sites for hydroxylation is 1. The molecule has 0 radical (unpaired) electrons. The Bertz CT molecular complexity index is 1100. The van der Waals surface area contributed by atoms with Gasteiger partial charge in [-0.05, 0) is 31.2 Å². The minimum absolute atomic E-state index is 0.171. The number of H-pyrrole nitrogens is 1. The number of para-hydroxylation sites is 1. The topological polar surface area (TPSA) is 104 Å². The first kappa shape index (κ1) is 18.9. The van der Waals surface area contributed by atoms with E-state index in [0.29, 0.717) is 5.69 Å². The van der Waals surface area contributed by atoms with Crippen molar-refractivity contribution in [1.29, 1.82) is 0 Å². The van der Waals surface area contributed by atoms with Crippen LogP contribution in [0.25, 0.3) is 0 Å². The van der Waals surface area contributed by atoms with Crippen LogP contribution in [0.2, 0.25) is 5.02 Å². The number of rotatable bonds is 5. The summed E-state index contributed by atoms with van der Waals surface area (Å²) in [4.78, 5) is 12.6. The quantitative estimate of drug-likeness (QED) is 0.600. The lowest BCUT2D eigenvalue weighted by molar-refractivity contribution is 0.102. The molecule has 7 nitrogen and oxygen atoms in total. The Morgan fingerprint density at radius 2 is 1.85 bits per heavy atom. The second-order valence-electron chi connectivity index (χ2n) is 5.56. The first-order valence-electron chi connectivity index (χ1n) is 7.68. The maximum Gasteiger partial charge on any atom is 0.282 e. The number of aromatic amines is 1. The van der Waals surface area contributed by atoms with E-state index in [0.717, 1.165) is 0 Å². The summed E-state index contributed by atoms with van der Waals surface area (Å²) in [6, 6.07) is 12.2. The highest BCUT2D eigenvalue weighted by Gasteiger charge is 2.29. The SMILES string of the molecule is Cc1[nH]nc(S(=O)(=O)Nc2ccccc2)c1C(=O)Nc1cccc(Cl)c1F. The Morgan fingerprint density at radius 1 is 1.15 bits per heavy atom. The van der Waals surface area contributed by atoms with E-state index < -0.39 is 26.8 Å². The smallest absolute Gasteiger partial charge is 0.282 e. The fourth-order valence-electron chi connectivity index (χ4n) is 2.36. The summed E-state index contributed by atoms with van der Waals surface area (Å²) in [7, 11) is -4.15. The van der Waals surface area contributed by atoms with Gasteiger partial charge in [-0.25, -0.2) is 4.39 Å². The molecule has 0 atom stereocenters. The third kappa shape index (κ3) is 3.93. The number of nitrogens with zero attached hydrogens (tertiary/aromatic N) is 1. The van der Waals surface area contributed by atoms with Crippen molar-refractivity contribution in [2.45, 2.75) is 11.9 Å². The average molecular weight is 409 g/mol. The van der Waals surface area contributed by atoms with Gasteiger partial charge in [0, 0.05) is 11.4 Å². The molecule has 3 rings (SSSR count). The number of halogens is 2. The minimum atomic E-state index is -4.15. The van der Waals surface area contributed by atoms with Crippen LogP contribution in [0.3, 0.4) is 0 Å². The Hall–Kier alpha value is -2.91. The van der Waals surface area contributed by atoms with Crippen LogP contribution in [0.5, 0.6) is 0 Å². The Balaban J connectivity index is 1.94. The van der Waals surface area contributed by atoms with Crippen molar-refractivity contribution in [2.24, 2.45) is 0 Å². The molecule has 10 heteroatoms. The number of anilines is 2. The van der Waals surface area contributed by atoms with Crippen LogP contribution >= 0.6 is 11.6 Å². The number of sulfonamides is 1. The third-order valence-corrected chi connectivity index (χ3v) is 5.22. The minimum Gasteiger partial charge on any atom is -0.319 e. The monoisotopic (exact) mass is 408 g/mol. The molecule has 1 heterocycles. The third-order valence-electron chi connectivity index (χ3n) is 3.62. The van der Waals surface area contributed by atoms with Gasteiger partial charge >= 0.3 is 0 Å². The van der Waals surface area contributed by atoms with E-state index in [2.05, 4.69) is 20.2 Å². The van der Waals surface area contributed by atoms with Gasteiger partial charge in [0.2, 0.25) is 5.03 Å². The van der Waals surface area contributed by atoms with Crippen LogP contribution in [-0.4, -0.2) is 24.5 Å². The molecule has 0 aliphatic rings. The van der Waals surface area contributed by atoms with E-state index in [1.807, 2.05) is 0 Å². The van der Waals surface area contributed by atoms with Crippen LogP contribution in [0, 0.1) is 12.7 Å². The van der Waals surface area contributed by atoms with E-state index in [1.54, 1.807) is 30.3 Å². The Kier molecular flexibility index (Phi) is 5.15. The summed E-state index contributed by atoms with van der Waals surface area (Å²) in [5, 5.41) is 7.85. The van der Waals surface area contributed by atoms with Gasteiger partial charge in [-0.2, -0.15) is 13.5 Å². The van der Waals surface area contributed by atoms with Crippen molar-refractivity contribution in [2.75, 3.05) is 10.0 Å². The van der Waals surface area contributed by atoms with Crippen LogP contribution in [0.15, 0.2) is 53.6 Å². The molecule has 0 aliphatic heterocycles. The van der Waals surface area contributed by atoms with E-state index in [-0.39, 0.29) is 22.0 Å².